The molecule has 4 aliphatic rings. The zero-order valence-corrected chi connectivity index (χ0v) is 34.1. The van der Waals surface area contributed by atoms with E-state index < -0.39 is 42.1 Å². The smallest absolute Gasteiger partial charge is 0.328 e. The number of rotatable bonds is 4. The lowest BCUT2D eigenvalue weighted by atomic mass is 9.99. The van der Waals surface area contributed by atoms with Crippen molar-refractivity contribution in [2.24, 2.45) is 5.73 Å². The summed E-state index contributed by atoms with van der Waals surface area (Å²) in [5, 5.41) is 7.73. The Hall–Kier alpha value is -5.47. The Kier molecular flexibility index (Phi) is 19.0. The third kappa shape index (κ3) is 13.9. The van der Waals surface area contributed by atoms with Gasteiger partial charge in [0.2, 0.25) is 29.5 Å². The third-order valence-electron chi connectivity index (χ3n) is 10.0. The van der Waals surface area contributed by atoms with Crippen LogP contribution in [0.2, 0.25) is 0 Å². The number of piperidine rings is 1. The maximum absolute atomic E-state index is 13.4. The number of primary amides is 1. The summed E-state index contributed by atoms with van der Waals surface area (Å²) in [6, 6.07) is 14.6. The van der Waals surface area contributed by atoms with Gasteiger partial charge in [0.05, 0.1) is 13.0 Å². The van der Waals surface area contributed by atoms with Crippen molar-refractivity contribution < 1.29 is 38.3 Å². The highest BCUT2D eigenvalue weighted by atomic mass is 16.5. The number of nitrogens with zero attached hydrogens (tertiary/aromatic N) is 3. The fraction of sp³-hybridized carbons (Fsp3) is 0.548. The predicted octanol–water partition coefficient (Wildman–Crippen LogP) is 3.68. The number of anilines is 1. The first-order valence-electron chi connectivity index (χ1n) is 20.2. The Balaban J connectivity index is 0.000000287. The summed E-state index contributed by atoms with van der Waals surface area (Å²) < 4.78 is 5.33. The van der Waals surface area contributed by atoms with E-state index in [0.29, 0.717) is 51.0 Å². The maximum Gasteiger partial charge on any atom is 0.328 e. The molecule has 5 N–H and O–H groups in total. The van der Waals surface area contributed by atoms with Crippen LogP contribution in [0.25, 0.3) is 0 Å². The summed E-state index contributed by atoms with van der Waals surface area (Å²) in [5.41, 5.74) is 8.05. The van der Waals surface area contributed by atoms with Gasteiger partial charge in [-0.15, -0.1) is 0 Å². The number of hydrogen-bond acceptors (Lipinski definition) is 8. The van der Waals surface area contributed by atoms with E-state index in [1.807, 2.05) is 57.2 Å². The molecule has 15 heteroatoms. The molecule has 15 nitrogen and oxygen atoms in total. The van der Waals surface area contributed by atoms with Crippen LogP contribution in [0.1, 0.15) is 90.2 Å². The fourth-order valence-electron chi connectivity index (χ4n) is 7.10. The number of carbonyl (C=O) groups is 7. The second-order valence-electron chi connectivity index (χ2n) is 14.1. The van der Waals surface area contributed by atoms with E-state index in [-0.39, 0.29) is 43.2 Å². The van der Waals surface area contributed by atoms with Crippen molar-refractivity contribution in [1.29, 1.82) is 0 Å². The molecule has 6 rings (SSSR count). The van der Waals surface area contributed by atoms with Gasteiger partial charge in [0.15, 0.2) is 0 Å². The van der Waals surface area contributed by atoms with Crippen molar-refractivity contribution in [3.8, 4) is 0 Å². The van der Waals surface area contributed by atoms with Crippen LogP contribution in [0.4, 0.5) is 10.5 Å². The summed E-state index contributed by atoms with van der Waals surface area (Å²) in [5.74, 6) is -2.24. The molecule has 0 bridgehead atoms. The number of cyclic esters (lactones) is 1. The second kappa shape index (κ2) is 23.6. The lowest BCUT2D eigenvalue weighted by Crippen LogP contribution is -2.59. The molecule has 2 aromatic rings. The van der Waals surface area contributed by atoms with E-state index in [4.69, 9.17) is 10.5 Å². The molecule has 4 fully saturated rings. The van der Waals surface area contributed by atoms with Crippen molar-refractivity contribution in [1.82, 2.24) is 25.3 Å². The molecule has 0 radical (unpaired) electrons. The molecule has 2 aromatic carbocycles. The van der Waals surface area contributed by atoms with Gasteiger partial charge in [-0.3, -0.25) is 24.0 Å². The van der Waals surface area contributed by atoms with Crippen LogP contribution >= 0.6 is 0 Å². The average Bonchev–Trinajstić information content (AvgIpc) is 3.92. The molecule has 4 saturated heterocycles. The van der Waals surface area contributed by atoms with Gasteiger partial charge in [0.1, 0.15) is 30.8 Å². The molecule has 7 amide bonds. The molecule has 312 valence electrons. The minimum absolute atomic E-state index is 0.00347. The molecule has 57 heavy (non-hydrogen) atoms. The van der Waals surface area contributed by atoms with Crippen molar-refractivity contribution >= 4 is 47.2 Å². The van der Waals surface area contributed by atoms with E-state index >= 15 is 0 Å². The normalized spacial score (nSPS) is 22.3. The largest absolute Gasteiger partial charge is 0.464 e. The number of benzene rings is 2. The predicted molar refractivity (Wildman–Crippen MR) is 217 cm³/mol. The molecule has 4 unspecified atom stereocenters. The molecular formula is C42H61N7O8. The zero-order chi connectivity index (χ0) is 41.9. The first-order valence-corrected chi connectivity index (χ1v) is 20.2. The number of ether oxygens (including phenoxy) is 1. The summed E-state index contributed by atoms with van der Waals surface area (Å²) in [6.07, 6.45) is 5.49. The van der Waals surface area contributed by atoms with E-state index in [2.05, 4.69) is 35.0 Å². The van der Waals surface area contributed by atoms with Gasteiger partial charge in [0.25, 0.3) is 0 Å². The van der Waals surface area contributed by atoms with Gasteiger partial charge in [-0.05, 0) is 82.9 Å². The van der Waals surface area contributed by atoms with Gasteiger partial charge in [-0.1, -0.05) is 68.8 Å². The Bertz CT molecular complexity index is 1670. The van der Waals surface area contributed by atoms with Gasteiger partial charge in [-0.2, -0.15) is 0 Å². The van der Waals surface area contributed by atoms with Crippen LogP contribution in [0.15, 0.2) is 54.6 Å². The molecule has 0 aromatic heterocycles. The number of hydrogen-bond donors (Lipinski definition) is 4. The summed E-state index contributed by atoms with van der Waals surface area (Å²) in [6.45, 7) is 10.8. The molecular weight excluding hydrogens is 731 g/mol. The highest BCUT2D eigenvalue weighted by Crippen LogP contribution is 2.26. The van der Waals surface area contributed by atoms with Crippen LogP contribution in [0.5, 0.6) is 0 Å². The summed E-state index contributed by atoms with van der Waals surface area (Å²) in [4.78, 5) is 91.2. The first kappa shape index (κ1) is 45.9. The maximum atomic E-state index is 13.4. The monoisotopic (exact) mass is 791 g/mol. The number of fused-ring (bicyclic) bond motifs is 3. The lowest BCUT2D eigenvalue weighted by molar-refractivity contribution is -0.156. The van der Waals surface area contributed by atoms with Crippen LogP contribution < -0.4 is 21.7 Å². The van der Waals surface area contributed by atoms with Crippen LogP contribution in [-0.4, -0.2) is 113 Å². The number of amides is 7. The number of nitrogens with two attached hydrogens (primary N) is 1. The molecule has 4 heterocycles. The van der Waals surface area contributed by atoms with Crippen molar-refractivity contribution in [3.63, 3.8) is 0 Å². The van der Waals surface area contributed by atoms with Crippen LogP contribution in [0.3, 0.4) is 0 Å². The quantitative estimate of drug-likeness (QED) is 0.336. The minimum Gasteiger partial charge on any atom is -0.464 e. The number of aryl methyl sites for hydroxylation is 2. The topological polar surface area (TPSA) is 201 Å². The third-order valence-corrected chi connectivity index (χ3v) is 10.0. The highest BCUT2D eigenvalue weighted by molar-refractivity contribution is 5.96. The minimum atomic E-state index is -0.813. The Morgan fingerprint density at radius 2 is 1.44 bits per heavy atom. The van der Waals surface area contributed by atoms with Gasteiger partial charge in [-0.25, -0.2) is 9.59 Å². The fourth-order valence-corrected chi connectivity index (χ4v) is 7.10. The van der Waals surface area contributed by atoms with Crippen molar-refractivity contribution in [3.05, 3.63) is 65.7 Å². The first-order chi connectivity index (χ1) is 27.4. The second-order valence-corrected chi connectivity index (χ2v) is 14.1. The molecule has 0 spiro atoms. The molecule has 0 saturated carbocycles. The Morgan fingerprint density at radius 3 is 2.09 bits per heavy atom. The number of urea groups is 1. The van der Waals surface area contributed by atoms with Crippen molar-refractivity contribution in [2.45, 2.75) is 117 Å². The van der Waals surface area contributed by atoms with Gasteiger partial charge >= 0.3 is 12.0 Å². The highest BCUT2D eigenvalue weighted by Gasteiger charge is 2.43. The average molecular weight is 792 g/mol. The standard InChI is InChI=1S/C22H32N4O6.C11H15N3O2.C7H8.C2H6/c1-14-20(29)26-12-5-8-17(26)22(31)32-13-9-18(27)24-11-4-7-16(24)21(30)25-10-3-2-6-15(25)19(28)23-14;1-2-8-4-3-5-9(6-8)14-11(16)13-7-10(12)15;1-7-5-3-2-4-6-7;1-2/h14-17H,2-13H2,1H3,(H,23,28);3-6H,2,7H2,1H3,(H2,12,15)(H2,13,14,16);2-6H,1H3;1-2H3. The Labute approximate surface area is 336 Å². The summed E-state index contributed by atoms with van der Waals surface area (Å²) >= 11 is 0. The SMILES string of the molecule is CC.CC1NC(=O)C2CCCCN2C(=O)C2CCCN2C(=O)CCOC(=O)C2CCCN2C1=O.CCc1cccc(NC(=O)NCC(N)=O)c1.Cc1ccccc1. The van der Waals surface area contributed by atoms with Crippen LogP contribution in [-0.2, 0) is 39.9 Å². The molecule has 0 aliphatic carbocycles. The number of nitrogens with one attached hydrogen (secondary N) is 3. The zero-order valence-electron chi connectivity index (χ0n) is 34.1. The van der Waals surface area contributed by atoms with Crippen molar-refractivity contribution in [2.75, 3.05) is 38.1 Å². The van der Waals surface area contributed by atoms with Gasteiger partial charge < -0.3 is 41.1 Å². The van der Waals surface area contributed by atoms with E-state index in [1.54, 1.807) is 22.8 Å². The lowest BCUT2D eigenvalue weighted by Gasteiger charge is -2.38. The van der Waals surface area contributed by atoms with E-state index in [1.165, 1.54) is 10.5 Å². The summed E-state index contributed by atoms with van der Waals surface area (Å²) in [7, 11) is 0. The van der Waals surface area contributed by atoms with E-state index in [9.17, 15) is 33.6 Å². The van der Waals surface area contributed by atoms with Gasteiger partial charge in [0, 0.05) is 25.3 Å². The molecule has 4 aliphatic heterocycles. The number of esters is 1. The van der Waals surface area contributed by atoms with Crippen LogP contribution in [0, 0.1) is 6.92 Å². The molecule has 4 atom stereocenters. The van der Waals surface area contributed by atoms with E-state index in [0.717, 1.165) is 31.2 Å². The number of carbonyl (C=O) groups excluding carboxylic acids is 7. The Morgan fingerprint density at radius 1 is 0.807 bits per heavy atom.